The van der Waals surface area contributed by atoms with Gasteiger partial charge in [0.05, 0.1) is 0 Å². The van der Waals surface area contributed by atoms with E-state index in [4.69, 9.17) is 0 Å². The van der Waals surface area contributed by atoms with Crippen LogP contribution < -0.4 is 5.32 Å². The summed E-state index contributed by atoms with van der Waals surface area (Å²) in [6, 6.07) is 18.6. The molecular formula is C24H27N3O. The van der Waals surface area contributed by atoms with Crippen LogP contribution in [0, 0.1) is 31.1 Å². The summed E-state index contributed by atoms with van der Waals surface area (Å²) in [6.45, 7) is 5.46. The SMILES string of the molecule is Cc1ccc(N/C=C(/C#N)C(=O)N2CCC(Cc3ccccc3)CC2)c(C)c1. The van der Waals surface area contributed by atoms with Gasteiger partial charge >= 0.3 is 0 Å². The Morgan fingerprint density at radius 2 is 1.89 bits per heavy atom. The minimum Gasteiger partial charge on any atom is -0.360 e. The molecule has 0 saturated carbocycles. The number of hydrogen-bond acceptors (Lipinski definition) is 3. The Labute approximate surface area is 167 Å². The number of likely N-dealkylation sites (tertiary alicyclic amines) is 1. The molecule has 1 N–H and O–H groups in total. The van der Waals surface area contributed by atoms with Gasteiger partial charge in [0.25, 0.3) is 5.91 Å². The Morgan fingerprint density at radius 1 is 1.18 bits per heavy atom. The molecule has 0 bridgehead atoms. The summed E-state index contributed by atoms with van der Waals surface area (Å²) >= 11 is 0. The van der Waals surface area contributed by atoms with E-state index in [1.807, 2.05) is 32.0 Å². The van der Waals surface area contributed by atoms with Crippen molar-refractivity contribution in [2.24, 2.45) is 5.92 Å². The first-order chi connectivity index (χ1) is 13.6. The lowest BCUT2D eigenvalue weighted by atomic mass is 9.90. The Kier molecular flexibility index (Phi) is 6.49. The van der Waals surface area contributed by atoms with E-state index in [2.05, 4.69) is 41.7 Å². The molecule has 0 aliphatic carbocycles. The van der Waals surface area contributed by atoms with Crippen LogP contribution in [0.2, 0.25) is 0 Å². The van der Waals surface area contributed by atoms with Crippen molar-refractivity contribution in [3.8, 4) is 6.07 Å². The molecule has 0 unspecified atom stereocenters. The lowest BCUT2D eigenvalue weighted by Gasteiger charge is -2.32. The van der Waals surface area contributed by atoms with E-state index in [1.54, 1.807) is 4.90 Å². The normalized spacial score (nSPS) is 15.2. The third kappa shape index (κ3) is 5.01. The summed E-state index contributed by atoms with van der Waals surface area (Å²) in [5.41, 5.74) is 4.68. The Balaban J connectivity index is 1.57. The van der Waals surface area contributed by atoms with Crippen molar-refractivity contribution in [3.63, 3.8) is 0 Å². The molecule has 1 heterocycles. The topological polar surface area (TPSA) is 56.1 Å². The van der Waals surface area contributed by atoms with Gasteiger partial charge < -0.3 is 10.2 Å². The molecule has 4 heteroatoms. The number of nitrogens with one attached hydrogen (secondary N) is 1. The summed E-state index contributed by atoms with van der Waals surface area (Å²) in [6.07, 6.45) is 4.54. The number of aryl methyl sites for hydroxylation is 2. The number of hydrogen-bond donors (Lipinski definition) is 1. The fraction of sp³-hybridized carbons (Fsp3) is 0.333. The average molecular weight is 374 g/mol. The number of carbonyl (C=O) groups excluding carboxylic acids is 1. The fourth-order valence-electron chi connectivity index (χ4n) is 3.73. The van der Waals surface area contributed by atoms with Crippen molar-refractivity contribution in [2.75, 3.05) is 18.4 Å². The van der Waals surface area contributed by atoms with Gasteiger partial charge in [-0.25, -0.2) is 0 Å². The van der Waals surface area contributed by atoms with E-state index < -0.39 is 0 Å². The van der Waals surface area contributed by atoms with Crippen LogP contribution in [-0.4, -0.2) is 23.9 Å². The van der Waals surface area contributed by atoms with Gasteiger partial charge in [0, 0.05) is 25.0 Å². The number of anilines is 1. The second-order valence-corrected chi connectivity index (χ2v) is 7.56. The molecule has 0 atom stereocenters. The molecule has 4 nitrogen and oxygen atoms in total. The molecule has 3 rings (SSSR count). The first kappa shape index (κ1) is 19.7. The van der Waals surface area contributed by atoms with E-state index in [1.165, 1.54) is 17.3 Å². The number of nitriles is 1. The van der Waals surface area contributed by atoms with E-state index in [0.717, 1.165) is 30.5 Å². The molecule has 0 aromatic heterocycles. The van der Waals surface area contributed by atoms with Crippen LogP contribution in [-0.2, 0) is 11.2 Å². The third-order valence-electron chi connectivity index (χ3n) is 5.37. The van der Waals surface area contributed by atoms with Gasteiger partial charge in [-0.05, 0) is 56.2 Å². The fourth-order valence-corrected chi connectivity index (χ4v) is 3.73. The summed E-state index contributed by atoms with van der Waals surface area (Å²) in [4.78, 5) is 14.6. The number of amides is 1. The van der Waals surface area contributed by atoms with Crippen molar-refractivity contribution < 1.29 is 4.79 Å². The highest BCUT2D eigenvalue weighted by molar-refractivity contribution is 5.97. The maximum atomic E-state index is 12.7. The summed E-state index contributed by atoms with van der Waals surface area (Å²) < 4.78 is 0. The van der Waals surface area contributed by atoms with Crippen LogP contribution >= 0.6 is 0 Å². The van der Waals surface area contributed by atoms with Gasteiger partial charge in [0.1, 0.15) is 11.6 Å². The Hall–Kier alpha value is -3.06. The largest absolute Gasteiger partial charge is 0.360 e. The Bertz CT molecular complexity index is 888. The minimum atomic E-state index is -0.182. The van der Waals surface area contributed by atoms with Gasteiger partial charge in [-0.15, -0.1) is 0 Å². The second-order valence-electron chi connectivity index (χ2n) is 7.56. The zero-order chi connectivity index (χ0) is 19.9. The third-order valence-corrected chi connectivity index (χ3v) is 5.37. The van der Waals surface area contributed by atoms with E-state index in [0.29, 0.717) is 19.0 Å². The zero-order valence-electron chi connectivity index (χ0n) is 16.6. The van der Waals surface area contributed by atoms with Crippen molar-refractivity contribution in [2.45, 2.75) is 33.1 Å². The van der Waals surface area contributed by atoms with Crippen LogP contribution in [0.15, 0.2) is 60.3 Å². The van der Waals surface area contributed by atoms with E-state index in [9.17, 15) is 10.1 Å². The molecule has 1 aliphatic heterocycles. The highest BCUT2D eigenvalue weighted by Crippen LogP contribution is 2.23. The van der Waals surface area contributed by atoms with Crippen molar-refractivity contribution in [3.05, 3.63) is 77.0 Å². The molecule has 1 aliphatic rings. The standard InChI is InChI=1S/C24H27N3O/c1-18-8-9-23(19(2)14-18)26-17-22(16-25)24(28)27-12-10-21(11-13-27)15-20-6-4-3-5-7-20/h3-9,14,17,21,26H,10-13,15H2,1-2H3/b22-17-. The van der Waals surface area contributed by atoms with Crippen molar-refractivity contribution >= 4 is 11.6 Å². The molecule has 1 saturated heterocycles. The molecule has 1 amide bonds. The molecule has 1 fully saturated rings. The zero-order valence-corrected chi connectivity index (χ0v) is 16.6. The lowest BCUT2D eigenvalue weighted by Crippen LogP contribution is -2.39. The van der Waals surface area contributed by atoms with Crippen LogP contribution in [0.4, 0.5) is 5.69 Å². The molecule has 144 valence electrons. The molecular weight excluding hydrogens is 346 g/mol. The first-order valence-corrected chi connectivity index (χ1v) is 9.84. The lowest BCUT2D eigenvalue weighted by molar-refractivity contribution is -0.128. The maximum Gasteiger partial charge on any atom is 0.266 e. The molecule has 28 heavy (non-hydrogen) atoms. The Morgan fingerprint density at radius 3 is 2.54 bits per heavy atom. The van der Waals surface area contributed by atoms with Gasteiger partial charge in [-0.1, -0.05) is 48.0 Å². The molecule has 0 radical (unpaired) electrons. The van der Waals surface area contributed by atoms with Gasteiger partial charge in [-0.3, -0.25) is 4.79 Å². The monoisotopic (exact) mass is 373 g/mol. The minimum absolute atomic E-state index is 0.154. The predicted molar refractivity (Wildman–Crippen MR) is 113 cm³/mol. The summed E-state index contributed by atoms with van der Waals surface area (Å²) in [5, 5.41) is 12.6. The van der Waals surface area contributed by atoms with Gasteiger partial charge in [0.2, 0.25) is 0 Å². The van der Waals surface area contributed by atoms with Crippen LogP contribution in [0.5, 0.6) is 0 Å². The second kappa shape index (κ2) is 9.23. The van der Waals surface area contributed by atoms with E-state index >= 15 is 0 Å². The van der Waals surface area contributed by atoms with Gasteiger partial charge in [-0.2, -0.15) is 5.26 Å². The average Bonchev–Trinajstić information content (AvgIpc) is 2.71. The number of carbonyl (C=O) groups is 1. The first-order valence-electron chi connectivity index (χ1n) is 9.84. The van der Waals surface area contributed by atoms with Gasteiger partial charge in [0.15, 0.2) is 0 Å². The molecule has 2 aromatic rings. The van der Waals surface area contributed by atoms with Crippen LogP contribution in [0.1, 0.15) is 29.5 Å². The number of rotatable bonds is 5. The highest BCUT2D eigenvalue weighted by Gasteiger charge is 2.25. The number of benzene rings is 2. The maximum absolute atomic E-state index is 12.7. The van der Waals surface area contributed by atoms with Crippen LogP contribution in [0.3, 0.4) is 0 Å². The van der Waals surface area contributed by atoms with Crippen molar-refractivity contribution in [1.29, 1.82) is 5.26 Å². The summed E-state index contributed by atoms with van der Waals surface area (Å²) in [7, 11) is 0. The molecule has 2 aromatic carbocycles. The number of piperidine rings is 1. The van der Waals surface area contributed by atoms with E-state index in [-0.39, 0.29) is 11.5 Å². The summed E-state index contributed by atoms with van der Waals surface area (Å²) in [5.74, 6) is 0.409. The predicted octanol–water partition coefficient (Wildman–Crippen LogP) is 4.60. The quantitative estimate of drug-likeness (QED) is 0.615. The highest BCUT2D eigenvalue weighted by atomic mass is 16.2. The van der Waals surface area contributed by atoms with Crippen LogP contribution in [0.25, 0.3) is 0 Å². The molecule has 0 spiro atoms. The smallest absolute Gasteiger partial charge is 0.266 e. The van der Waals surface area contributed by atoms with Crippen molar-refractivity contribution in [1.82, 2.24) is 4.90 Å². The number of nitrogens with zero attached hydrogens (tertiary/aromatic N) is 2.